The zero-order valence-corrected chi connectivity index (χ0v) is 26.7. The fourth-order valence-electron chi connectivity index (χ4n) is 5.27. The van der Waals surface area contributed by atoms with Gasteiger partial charge in [0, 0.05) is 37.9 Å². The van der Waals surface area contributed by atoms with E-state index in [-0.39, 0.29) is 5.91 Å². The van der Waals surface area contributed by atoms with Crippen LogP contribution in [0, 0.1) is 13.8 Å². The Hall–Kier alpha value is -3.19. The zero-order valence-electron chi connectivity index (χ0n) is 26.7. The summed E-state index contributed by atoms with van der Waals surface area (Å²) in [5.41, 5.74) is 7.66. The molecule has 1 fully saturated rings. The molecule has 1 amide bonds. The predicted octanol–water partition coefficient (Wildman–Crippen LogP) is 7.49. The third-order valence-electron chi connectivity index (χ3n) is 8.06. The van der Waals surface area contributed by atoms with Crippen LogP contribution >= 0.6 is 0 Å². The van der Waals surface area contributed by atoms with Crippen molar-refractivity contribution in [2.45, 2.75) is 85.0 Å². The quantitative estimate of drug-likeness (QED) is 0.146. The molecule has 0 aliphatic carbocycles. The van der Waals surface area contributed by atoms with Gasteiger partial charge in [0.15, 0.2) is 11.5 Å². The molecule has 2 aromatic rings. The Balaban J connectivity index is 1.42. The molecule has 0 bridgehead atoms. The number of rotatable bonds is 18. The average molecular weight is 580 g/mol. The van der Waals surface area contributed by atoms with Crippen molar-refractivity contribution in [3.05, 3.63) is 53.1 Å². The molecule has 1 heterocycles. The van der Waals surface area contributed by atoms with Crippen LogP contribution in [0.3, 0.4) is 0 Å². The summed E-state index contributed by atoms with van der Waals surface area (Å²) in [4.78, 5) is 15.0. The molecule has 0 unspecified atom stereocenters. The SMILES string of the molecule is CCCCCCCCCCCCOc1c(OC)cc(C=CC(=O)NN2CCN(c3ccc(C)c(C)c3)CC2)cc1OC. The van der Waals surface area contributed by atoms with Gasteiger partial charge in [0.2, 0.25) is 5.75 Å². The number of hydrogen-bond donors (Lipinski definition) is 1. The van der Waals surface area contributed by atoms with Gasteiger partial charge in [0.25, 0.3) is 5.91 Å². The number of anilines is 1. The summed E-state index contributed by atoms with van der Waals surface area (Å²) in [6, 6.07) is 10.3. The summed E-state index contributed by atoms with van der Waals surface area (Å²) in [5, 5.41) is 1.98. The molecule has 0 spiro atoms. The number of unbranched alkanes of at least 4 members (excludes halogenated alkanes) is 9. The maximum Gasteiger partial charge on any atom is 0.258 e. The number of carbonyl (C=O) groups excluding carboxylic acids is 1. The fraction of sp³-hybridized carbons (Fsp3) is 0.571. The molecular weight excluding hydrogens is 526 g/mol. The monoisotopic (exact) mass is 579 g/mol. The van der Waals surface area contributed by atoms with Gasteiger partial charge in [0.1, 0.15) is 0 Å². The van der Waals surface area contributed by atoms with Gasteiger partial charge in [-0.05, 0) is 67.3 Å². The lowest BCUT2D eigenvalue weighted by atomic mass is 10.1. The first-order valence-corrected chi connectivity index (χ1v) is 15.9. The molecule has 3 rings (SSSR count). The van der Waals surface area contributed by atoms with Crippen molar-refractivity contribution >= 4 is 17.7 Å². The van der Waals surface area contributed by atoms with Gasteiger partial charge in [-0.15, -0.1) is 0 Å². The van der Waals surface area contributed by atoms with Crippen molar-refractivity contribution in [1.82, 2.24) is 10.4 Å². The lowest BCUT2D eigenvalue weighted by molar-refractivity contribution is -0.121. The highest BCUT2D eigenvalue weighted by molar-refractivity contribution is 5.91. The molecule has 0 atom stereocenters. The van der Waals surface area contributed by atoms with Crippen molar-refractivity contribution in [2.24, 2.45) is 0 Å². The molecule has 7 nitrogen and oxygen atoms in total. The molecule has 2 aromatic carbocycles. The van der Waals surface area contributed by atoms with Crippen LogP contribution in [0.1, 0.15) is 87.8 Å². The second kappa shape index (κ2) is 18.4. The van der Waals surface area contributed by atoms with Crippen LogP contribution in [0.25, 0.3) is 6.08 Å². The van der Waals surface area contributed by atoms with Crippen LogP contribution in [0.2, 0.25) is 0 Å². The molecular formula is C35H53N3O4. The Morgan fingerprint density at radius 3 is 1.98 bits per heavy atom. The molecule has 1 aliphatic rings. The summed E-state index contributed by atoms with van der Waals surface area (Å²) >= 11 is 0. The second-order valence-electron chi connectivity index (χ2n) is 11.3. The van der Waals surface area contributed by atoms with Crippen molar-refractivity contribution in [3.8, 4) is 17.2 Å². The van der Waals surface area contributed by atoms with Crippen LogP contribution in [0.15, 0.2) is 36.4 Å². The molecule has 0 aromatic heterocycles. The lowest BCUT2D eigenvalue weighted by Gasteiger charge is -2.36. The minimum Gasteiger partial charge on any atom is -0.493 e. The number of hydrogen-bond acceptors (Lipinski definition) is 6. The lowest BCUT2D eigenvalue weighted by Crippen LogP contribution is -2.53. The first-order valence-electron chi connectivity index (χ1n) is 15.9. The van der Waals surface area contributed by atoms with Crippen molar-refractivity contribution < 1.29 is 19.0 Å². The van der Waals surface area contributed by atoms with E-state index in [1.807, 2.05) is 17.1 Å². The highest BCUT2D eigenvalue weighted by Crippen LogP contribution is 2.39. The standard InChI is InChI=1S/C35H53N3O4/c1-6-7-8-9-10-11-12-13-14-15-24-42-35-32(40-4)26-30(27-33(35)41-5)17-19-34(39)36-38-22-20-37(21-23-38)31-18-16-28(2)29(3)25-31/h16-19,25-27H,6-15,20-24H2,1-5H3,(H,36,39). The highest BCUT2D eigenvalue weighted by atomic mass is 16.5. The number of amides is 1. The van der Waals surface area contributed by atoms with Crippen molar-refractivity contribution in [3.63, 3.8) is 0 Å². The molecule has 232 valence electrons. The van der Waals surface area contributed by atoms with E-state index >= 15 is 0 Å². The molecule has 1 aliphatic heterocycles. The number of carbonyl (C=O) groups is 1. The number of aryl methyl sites for hydroxylation is 2. The predicted molar refractivity (Wildman–Crippen MR) is 174 cm³/mol. The molecule has 1 N–H and O–H groups in total. The summed E-state index contributed by atoms with van der Waals surface area (Å²) in [7, 11) is 3.25. The summed E-state index contributed by atoms with van der Waals surface area (Å²) < 4.78 is 17.3. The van der Waals surface area contributed by atoms with Gasteiger partial charge in [-0.25, -0.2) is 5.01 Å². The number of benzene rings is 2. The first-order chi connectivity index (χ1) is 20.4. The van der Waals surface area contributed by atoms with E-state index in [1.54, 1.807) is 26.4 Å². The van der Waals surface area contributed by atoms with Crippen LogP contribution in [0.5, 0.6) is 17.2 Å². The Labute approximate surface area is 254 Å². The van der Waals surface area contributed by atoms with Gasteiger partial charge in [0.05, 0.1) is 20.8 Å². The maximum atomic E-state index is 12.7. The minimum absolute atomic E-state index is 0.158. The van der Waals surface area contributed by atoms with E-state index in [2.05, 4.69) is 49.3 Å². The van der Waals surface area contributed by atoms with E-state index in [0.717, 1.165) is 44.6 Å². The van der Waals surface area contributed by atoms with E-state index in [1.165, 1.54) is 68.2 Å². The summed E-state index contributed by atoms with van der Waals surface area (Å²) in [6.45, 7) is 10.4. The Morgan fingerprint density at radius 1 is 0.810 bits per heavy atom. The third kappa shape index (κ3) is 10.9. The van der Waals surface area contributed by atoms with Gasteiger partial charge >= 0.3 is 0 Å². The first kappa shape index (κ1) is 33.3. The number of ether oxygens (including phenoxy) is 3. The molecule has 1 saturated heterocycles. The van der Waals surface area contributed by atoms with E-state index in [0.29, 0.717) is 23.9 Å². The third-order valence-corrected chi connectivity index (χ3v) is 8.06. The van der Waals surface area contributed by atoms with Crippen molar-refractivity contribution in [2.75, 3.05) is 51.9 Å². The summed E-state index contributed by atoms with van der Waals surface area (Å²) in [6.07, 6.45) is 16.2. The van der Waals surface area contributed by atoms with E-state index in [4.69, 9.17) is 14.2 Å². The molecule has 42 heavy (non-hydrogen) atoms. The largest absolute Gasteiger partial charge is 0.493 e. The van der Waals surface area contributed by atoms with Crippen LogP contribution in [-0.2, 0) is 4.79 Å². The maximum absolute atomic E-state index is 12.7. The topological polar surface area (TPSA) is 63.3 Å². The molecule has 0 saturated carbocycles. The second-order valence-corrected chi connectivity index (χ2v) is 11.3. The van der Waals surface area contributed by atoms with Gasteiger partial charge in [-0.2, -0.15) is 0 Å². The normalized spacial score (nSPS) is 13.9. The Kier molecular flexibility index (Phi) is 14.6. The van der Waals surface area contributed by atoms with E-state index in [9.17, 15) is 4.79 Å². The highest BCUT2D eigenvalue weighted by Gasteiger charge is 2.19. The zero-order chi connectivity index (χ0) is 30.2. The van der Waals surface area contributed by atoms with Crippen LogP contribution < -0.4 is 24.5 Å². The van der Waals surface area contributed by atoms with Gasteiger partial charge < -0.3 is 19.1 Å². The fourth-order valence-corrected chi connectivity index (χ4v) is 5.27. The van der Waals surface area contributed by atoms with Crippen molar-refractivity contribution in [1.29, 1.82) is 0 Å². The van der Waals surface area contributed by atoms with Crippen LogP contribution in [0.4, 0.5) is 5.69 Å². The van der Waals surface area contributed by atoms with Crippen LogP contribution in [-0.4, -0.2) is 57.9 Å². The average Bonchev–Trinajstić information content (AvgIpc) is 3.00. The molecule has 0 radical (unpaired) electrons. The number of nitrogens with zero attached hydrogens (tertiary/aromatic N) is 2. The summed E-state index contributed by atoms with van der Waals surface area (Å²) in [5.74, 6) is 1.65. The Morgan fingerprint density at radius 2 is 1.40 bits per heavy atom. The Bertz CT molecular complexity index is 1100. The molecule has 7 heteroatoms. The minimum atomic E-state index is -0.158. The number of methoxy groups -OCH3 is 2. The number of nitrogens with one attached hydrogen (secondary N) is 1. The van der Waals surface area contributed by atoms with E-state index < -0.39 is 0 Å². The van der Waals surface area contributed by atoms with Gasteiger partial charge in [-0.3, -0.25) is 10.2 Å². The smallest absolute Gasteiger partial charge is 0.258 e. The number of hydrazine groups is 1. The van der Waals surface area contributed by atoms with Gasteiger partial charge in [-0.1, -0.05) is 70.8 Å². The number of piperazine rings is 1.